The normalized spacial score (nSPS) is 9.68. The summed E-state index contributed by atoms with van der Waals surface area (Å²) in [5, 5.41) is 3.74. The lowest BCUT2D eigenvalue weighted by atomic mass is 10.3. The van der Waals surface area contributed by atoms with E-state index in [-0.39, 0.29) is 17.6 Å². The molecule has 1 heterocycles. The second kappa shape index (κ2) is 8.11. The predicted octanol–water partition coefficient (Wildman–Crippen LogP) is 1.53. The van der Waals surface area contributed by atoms with E-state index in [1.54, 1.807) is 24.3 Å². The Kier molecular flexibility index (Phi) is 5.87. The summed E-state index contributed by atoms with van der Waals surface area (Å²) >= 11 is 10.8. The van der Waals surface area contributed by atoms with Crippen molar-refractivity contribution in [1.82, 2.24) is 20.8 Å². The van der Waals surface area contributed by atoms with Gasteiger partial charge in [0.2, 0.25) is 5.88 Å². The van der Waals surface area contributed by atoms with E-state index >= 15 is 0 Å². The van der Waals surface area contributed by atoms with Crippen molar-refractivity contribution in [3.8, 4) is 5.88 Å². The molecule has 0 atom stereocenters. The first kappa shape index (κ1) is 15.9. The third kappa shape index (κ3) is 5.51. The Hall–Kier alpha value is -2.45. The predicted molar refractivity (Wildman–Crippen MR) is 86.5 cm³/mol. The van der Waals surface area contributed by atoms with Gasteiger partial charge in [-0.1, -0.05) is 11.6 Å². The number of anilines is 1. The average Bonchev–Trinajstić information content (AvgIpc) is 2.54. The van der Waals surface area contributed by atoms with Gasteiger partial charge in [-0.25, -0.2) is 4.98 Å². The van der Waals surface area contributed by atoms with Crippen LogP contribution in [0.3, 0.4) is 0 Å². The van der Waals surface area contributed by atoms with Crippen LogP contribution in [0.1, 0.15) is 0 Å². The van der Waals surface area contributed by atoms with Crippen LogP contribution in [0.15, 0.2) is 42.9 Å². The van der Waals surface area contributed by atoms with Crippen LogP contribution in [0.5, 0.6) is 5.88 Å². The van der Waals surface area contributed by atoms with E-state index in [4.69, 9.17) is 28.6 Å². The van der Waals surface area contributed by atoms with Gasteiger partial charge in [0, 0.05) is 23.1 Å². The number of nitrogens with zero attached hydrogens (tertiary/aromatic N) is 2. The highest BCUT2D eigenvalue weighted by molar-refractivity contribution is 7.80. The van der Waals surface area contributed by atoms with Crippen LogP contribution in [0.4, 0.5) is 5.69 Å². The zero-order valence-corrected chi connectivity index (χ0v) is 12.8. The Balaban J connectivity index is 1.69. The molecular weight excluding hydrogens is 326 g/mol. The standard InChI is InChI=1S/C13H12ClN5O2S/c14-9-1-3-10(4-2-9)17-13(22)19-18-11(20)8-21-12-7-15-5-6-16-12/h1-7H,8H2,(H,18,20)(H2,17,19,22). The average molecular weight is 338 g/mol. The monoisotopic (exact) mass is 337 g/mol. The SMILES string of the molecule is O=C(COc1cnccn1)NNC(=S)Nc1ccc(Cl)cc1. The van der Waals surface area contributed by atoms with Crippen molar-refractivity contribution in [2.45, 2.75) is 0 Å². The number of halogens is 1. The molecule has 3 N–H and O–H groups in total. The van der Waals surface area contributed by atoms with Gasteiger partial charge < -0.3 is 10.1 Å². The fraction of sp³-hybridized carbons (Fsp3) is 0.0769. The molecule has 7 nitrogen and oxygen atoms in total. The van der Waals surface area contributed by atoms with E-state index in [1.165, 1.54) is 18.6 Å². The van der Waals surface area contributed by atoms with Crippen molar-refractivity contribution in [2.24, 2.45) is 0 Å². The second-order valence-electron chi connectivity index (χ2n) is 3.97. The molecule has 0 unspecified atom stereocenters. The number of rotatable bonds is 4. The summed E-state index contributed by atoms with van der Waals surface area (Å²) in [5.41, 5.74) is 5.69. The van der Waals surface area contributed by atoms with Crippen LogP contribution < -0.4 is 20.9 Å². The molecule has 0 fully saturated rings. The van der Waals surface area contributed by atoms with Gasteiger partial charge in [0.05, 0.1) is 6.20 Å². The van der Waals surface area contributed by atoms with Crippen LogP contribution in [0.2, 0.25) is 5.02 Å². The number of ether oxygens (including phenoxy) is 1. The molecular formula is C13H12ClN5O2S. The molecule has 22 heavy (non-hydrogen) atoms. The molecule has 114 valence electrons. The van der Waals surface area contributed by atoms with E-state index in [1.807, 2.05) is 0 Å². The molecule has 0 aliphatic carbocycles. The summed E-state index contributed by atoms with van der Waals surface area (Å²) in [6, 6.07) is 6.96. The number of thiocarbonyl (C=S) groups is 1. The number of carbonyl (C=O) groups is 1. The Morgan fingerprint density at radius 3 is 2.68 bits per heavy atom. The summed E-state index contributed by atoms with van der Waals surface area (Å²) < 4.78 is 5.13. The molecule has 2 aromatic rings. The quantitative estimate of drug-likeness (QED) is 0.576. The van der Waals surface area contributed by atoms with Crippen molar-refractivity contribution in [3.05, 3.63) is 47.9 Å². The third-order valence-corrected chi connectivity index (χ3v) is 2.76. The van der Waals surface area contributed by atoms with E-state index in [0.29, 0.717) is 5.02 Å². The molecule has 2 rings (SSSR count). The molecule has 1 aromatic carbocycles. The minimum Gasteiger partial charge on any atom is -0.466 e. The lowest BCUT2D eigenvalue weighted by Crippen LogP contribution is -2.45. The van der Waals surface area contributed by atoms with Crippen LogP contribution in [0, 0.1) is 0 Å². The van der Waals surface area contributed by atoms with E-state index in [0.717, 1.165) is 5.69 Å². The lowest BCUT2D eigenvalue weighted by molar-refractivity contribution is -0.123. The maximum absolute atomic E-state index is 11.6. The van der Waals surface area contributed by atoms with Crippen molar-refractivity contribution < 1.29 is 9.53 Å². The highest BCUT2D eigenvalue weighted by atomic mass is 35.5. The number of hydrazine groups is 1. The van der Waals surface area contributed by atoms with Gasteiger partial charge in [0.15, 0.2) is 11.7 Å². The van der Waals surface area contributed by atoms with Gasteiger partial charge in [-0.2, -0.15) is 0 Å². The highest BCUT2D eigenvalue weighted by Gasteiger charge is 2.04. The van der Waals surface area contributed by atoms with Crippen molar-refractivity contribution in [1.29, 1.82) is 0 Å². The molecule has 1 aromatic heterocycles. The minimum atomic E-state index is -0.411. The van der Waals surface area contributed by atoms with Crippen LogP contribution in [-0.4, -0.2) is 27.6 Å². The molecule has 0 radical (unpaired) electrons. The van der Waals surface area contributed by atoms with Gasteiger partial charge in [0.25, 0.3) is 5.91 Å². The van der Waals surface area contributed by atoms with Crippen molar-refractivity contribution >= 4 is 40.5 Å². The molecule has 0 spiro atoms. The van der Waals surface area contributed by atoms with E-state index in [2.05, 4.69) is 26.1 Å². The summed E-state index contributed by atoms with van der Waals surface area (Å²) in [4.78, 5) is 19.3. The summed E-state index contributed by atoms with van der Waals surface area (Å²) in [7, 11) is 0. The smallest absolute Gasteiger partial charge is 0.276 e. The number of nitrogens with one attached hydrogen (secondary N) is 3. The largest absolute Gasteiger partial charge is 0.466 e. The number of amides is 1. The Morgan fingerprint density at radius 2 is 2.00 bits per heavy atom. The topological polar surface area (TPSA) is 88.2 Å². The maximum atomic E-state index is 11.6. The van der Waals surface area contributed by atoms with Gasteiger partial charge >= 0.3 is 0 Å². The van der Waals surface area contributed by atoms with Gasteiger partial charge in [-0.05, 0) is 36.5 Å². The second-order valence-corrected chi connectivity index (χ2v) is 4.81. The fourth-order valence-corrected chi connectivity index (χ4v) is 1.65. The Bertz CT molecular complexity index is 639. The van der Waals surface area contributed by atoms with Crippen molar-refractivity contribution in [3.63, 3.8) is 0 Å². The molecule has 0 saturated heterocycles. The summed E-state index contributed by atoms with van der Waals surface area (Å²) in [5.74, 6) is -0.148. The summed E-state index contributed by atoms with van der Waals surface area (Å²) in [6.07, 6.45) is 4.39. The van der Waals surface area contributed by atoms with Gasteiger partial charge in [-0.15, -0.1) is 0 Å². The molecule has 0 saturated carbocycles. The zero-order chi connectivity index (χ0) is 15.8. The minimum absolute atomic E-state index is 0.213. The fourth-order valence-electron chi connectivity index (χ4n) is 1.36. The lowest BCUT2D eigenvalue weighted by Gasteiger charge is -2.11. The molecule has 0 aliphatic rings. The zero-order valence-electron chi connectivity index (χ0n) is 11.2. The maximum Gasteiger partial charge on any atom is 0.276 e. The first-order chi connectivity index (χ1) is 10.6. The molecule has 0 bridgehead atoms. The third-order valence-electron chi connectivity index (χ3n) is 2.31. The Morgan fingerprint density at radius 1 is 1.23 bits per heavy atom. The number of aromatic nitrogens is 2. The Labute approximate surface area is 137 Å². The number of hydrogen-bond donors (Lipinski definition) is 3. The van der Waals surface area contributed by atoms with E-state index in [9.17, 15) is 4.79 Å². The first-order valence-electron chi connectivity index (χ1n) is 6.14. The van der Waals surface area contributed by atoms with Crippen LogP contribution >= 0.6 is 23.8 Å². The van der Waals surface area contributed by atoms with Gasteiger partial charge in [-0.3, -0.25) is 20.6 Å². The molecule has 9 heteroatoms. The van der Waals surface area contributed by atoms with Gasteiger partial charge in [0.1, 0.15) is 0 Å². The van der Waals surface area contributed by atoms with E-state index < -0.39 is 5.91 Å². The number of benzene rings is 1. The first-order valence-corrected chi connectivity index (χ1v) is 6.92. The molecule has 1 amide bonds. The summed E-state index contributed by atoms with van der Waals surface area (Å²) in [6.45, 7) is -0.213. The highest BCUT2D eigenvalue weighted by Crippen LogP contribution is 2.12. The van der Waals surface area contributed by atoms with Crippen molar-refractivity contribution in [2.75, 3.05) is 11.9 Å². The van der Waals surface area contributed by atoms with Crippen LogP contribution in [-0.2, 0) is 4.79 Å². The molecule has 0 aliphatic heterocycles. The van der Waals surface area contributed by atoms with Crippen LogP contribution in [0.25, 0.3) is 0 Å². The number of carbonyl (C=O) groups excluding carboxylic acids is 1. The number of hydrogen-bond acceptors (Lipinski definition) is 5.